The summed E-state index contributed by atoms with van der Waals surface area (Å²) in [6, 6.07) is 8.08. The molecule has 0 atom stereocenters. The molecule has 2 heterocycles. The average Bonchev–Trinajstić information content (AvgIpc) is 3.08. The lowest BCUT2D eigenvalue weighted by atomic mass is 10.2. The average molecular weight is 375 g/mol. The Morgan fingerprint density at radius 3 is 2.50 bits per heavy atom. The quantitative estimate of drug-likeness (QED) is 0.775. The zero-order valence-electron chi connectivity index (χ0n) is 15.6. The van der Waals surface area contributed by atoms with Gasteiger partial charge in [0.25, 0.3) is 0 Å². The number of piperazine rings is 1. The van der Waals surface area contributed by atoms with Gasteiger partial charge in [0, 0.05) is 43.8 Å². The molecule has 1 amide bonds. The maximum atomic E-state index is 12.6. The maximum absolute atomic E-state index is 12.6. The van der Waals surface area contributed by atoms with Crippen LogP contribution in [0.2, 0.25) is 0 Å². The van der Waals surface area contributed by atoms with Crippen molar-refractivity contribution in [1.29, 1.82) is 0 Å². The molecule has 1 aromatic carbocycles. The van der Waals surface area contributed by atoms with Crippen molar-refractivity contribution in [2.75, 3.05) is 52.3 Å². The minimum Gasteiger partial charge on any atom is -0.497 e. The Bertz CT molecular complexity index is 721. The molecule has 0 unspecified atom stereocenters. The molecule has 2 aromatic rings. The summed E-state index contributed by atoms with van der Waals surface area (Å²) in [5.41, 5.74) is 2.06. The van der Waals surface area contributed by atoms with Gasteiger partial charge in [0.1, 0.15) is 10.8 Å². The molecule has 0 saturated carbocycles. The standard InChI is InChI=1S/C19H26N4O2S/c1-21(2)13-18-20-15(14-26-18)12-19(24)23-10-8-22(9-11-23)16-4-6-17(25-3)7-5-16/h4-7,14H,8-13H2,1-3H3. The van der Waals surface area contributed by atoms with E-state index in [9.17, 15) is 4.79 Å². The predicted octanol–water partition coefficient (Wildman–Crippen LogP) is 2.10. The molecule has 0 spiro atoms. The molecule has 140 valence electrons. The van der Waals surface area contributed by atoms with E-state index in [4.69, 9.17) is 4.74 Å². The van der Waals surface area contributed by atoms with Gasteiger partial charge < -0.3 is 19.4 Å². The number of aromatic nitrogens is 1. The maximum Gasteiger partial charge on any atom is 0.228 e. The molecular weight excluding hydrogens is 348 g/mol. The van der Waals surface area contributed by atoms with Gasteiger partial charge in [-0.2, -0.15) is 0 Å². The zero-order valence-corrected chi connectivity index (χ0v) is 16.5. The van der Waals surface area contributed by atoms with Gasteiger partial charge in [0.2, 0.25) is 5.91 Å². The van der Waals surface area contributed by atoms with Crippen LogP contribution in [0.3, 0.4) is 0 Å². The first-order valence-corrected chi connectivity index (χ1v) is 9.68. The van der Waals surface area contributed by atoms with E-state index in [1.807, 2.05) is 36.5 Å². The number of rotatable bonds is 6. The SMILES string of the molecule is COc1ccc(N2CCN(C(=O)Cc3csc(CN(C)C)n3)CC2)cc1. The summed E-state index contributed by atoms with van der Waals surface area (Å²) in [6.45, 7) is 4.01. The van der Waals surface area contributed by atoms with Crippen LogP contribution in [0.4, 0.5) is 5.69 Å². The summed E-state index contributed by atoms with van der Waals surface area (Å²) in [5, 5.41) is 3.06. The van der Waals surface area contributed by atoms with E-state index in [1.54, 1.807) is 18.4 Å². The van der Waals surface area contributed by atoms with Crippen LogP contribution >= 0.6 is 11.3 Å². The van der Waals surface area contributed by atoms with E-state index in [0.717, 1.165) is 49.2 Å². The summed E-state index contributed by atoms with van der Waals surface area (Å²) in [5.74, 6) is 1.03. The number of anilines is 1. The van der Waals surface area contributed by atoms with Crippen LogP contribution in [0.1, 0.15) is 10.7 Å². The van der Waals surface area contributed by atoms with Gasteiger partial charge in [-0.1, -0.05) is 0 Å². The molecule has 1 aliphatic rings. The normalized spacial score (nSPS) is 14.8. The highest BCUT2D eigenvalue weighted by molar-refractivity contribution is 7.09. The van der Waals surface area contributed by atoms with Crippen LogP contribution in [-0.4, -0.2) is 68.1 Å². The number of carbonyl (C=O) groups is 1. The molecule has 1 saturated heterocycles. The largest absolute Gasteiger partial charge is 0.497 e. The number of hydrogen-bond acceptors (Lipinski definition) is 6. The lowest BCUT2D eigenvalue weighted by molar-refractivity contribution is -0.130. The lowest BCUT2D eigenvalue weighted by Gasteiger charge is -2.36. The second-order valence-electron chi connectivity index (χ2n) is 6.71. The smallest absolute Gasteiger partial charge is 0.228 e. The molecule has 7 heteroatoms. The van der Waals surface area contributed by atoms with E-state index >= 15 is 0 Å². The van der Waals surface area contributed by atoms with E-state index in [-0.39, 0.29) is 5.91 Å². The summed E-state index contributed by atoms with van der Waals surface area (Å²) in [4.78, 5) is 23.5. The Hall–Kier alpha value is -2.12. The van der Waals surface area contributed by atoms with Crippen LogP contribution < -0.4 is 9.64 Å². The molecule has 3 rings (SSSR count). The topological polar surface area (TPSA) is 48.9 Å². The summed E-state index contributed by atoms with van der Waals surface area (Å²) in [7, 11) is 5.72. The summed E-state index contributed by atoms with van der Waals surface area (Å²) in [6.07, 6.45) is 0.395. The van der Waals surface area contributed by atoms with Crippen molar-refractivity contribution in [3.8, 4) is 5.75 Å². The number of amides is 1. The van der Waals surface area contributed by atoms with Gasteiger partial charge in [-0.25, -0.2) is 4.98 Å². The number of nitrogens with zero attached hydrogens (tertiary/aromatic N) is 4. The van der Waals surface area contributed by atoms with Crippen molar-refractivity contribution < 1.29 is 9.53 Å². The van der Waals surface area contributed by atoms with Crippen LogP contribution in [0.5, 0.6) is 5.75 Å². The second-order valence-corrected chi connectivity index (χ2v) is 7.66. The van der Waals surface area contributed by atoms with E-state index < -0.39 is 0 Å². The Morgan fingerprint density at radius 2 is 1.88 bits per heavy atom. The molecule has 1 aliphatic heterocycles. The fourth-order valence-electron chi connectivity index (χ4n) is 3.05. The van der Waals surface area contributed by atoms with Crippen LogP contribution in [-0.2, 0) is 17.8 Å². The molecule has 0 N–H and O–H groups in total. The first-order valence-electron chi connectivity index (χ1n) is 8.80. The molecular formula is C19H26N4O2S. The number of ether oxygens (including phenoxy) is 1. The Labute approximate surface area is 159 Å². The lowest BCUT2D eigenvalue weighted by Crippen LogP contribution is -2.49. The first kappa shape index (κ1) is 18.7. The highest BCUT2D eigenvalue weighted by atomic mass is 32.1. The van der Waals surface area contributed by atoms with Gasteiger partial charge in [-0.15, -0.1) is 11.3 Å². The molecule has 6 nitrogen and oxygen atoms in total. The first-order chi connectivity index (χ1) is 12.5. The number of methoxy groups -OCH3 is 1. The minimum atomic E-state index is 0.168. The van der Waals surface area contributed by atoms with Crippen molar-refractivity contribution in [1.82, 2.24) is 14.8 Å². The van der Waals surface area contributed by atoms with Gasteiger partial charge in [0.05, 0.1) is 19.2 Å². The third-order valence-electron chi connectivity index (χ3n) is 4.45. The third kappa shape index (κ3) is 4.74. The Morgan fingerprint density at radius 1 is 1.19 bits per heavy atom. The Balaban J connectivity index is 1.50. The van der Waals surface area contributed by atoms with Gasteiger partial charge in [-0.05, 0) is 38.4 Å². The second kappa shape index (κ2) is 8.51. The van der Waals surface area contributed by atoms with Crippen molar-refractivity contribution in [2.45, 2.75) is 13.0 Å². The summed E-state index contributed by atoms with van der Waals surface area (Å²) >= 11 is 1.63. The van der Waals surface area contributed by atoms with Crippen molar-refractivity contribution >= 4 is 22.9 Å². The molecule has 1 aromatic heterocycles. The highest BCUT2D eigenvalue weighted by Crippen LogP contribution is 2.21. The molecule has 26 heavy (non-hydrogen) atoms. The molecule has 0 bridgehead atoms. The van der Waals surface area contributed by atoms with Crippen LogP contribution in [0, 0.1) is 0 Å². The number of thiazole rings is 1. The van der Waals surface area contributed by atoms with E-state index in [0.29, 0.717) is 6.42 Å². The van der Waals surface area contributed by atoms with Crippen LogP contribution in [0.15, 0.2) is 29.6 Å². The number of carbonyl (C=O) groups excluding carboxylic acids is 1. The minimum absolute atomic E-state index is 0.168. The molecule has 0 radical (unpaired) electrons. The Kier molecular flexibility index (Phi) is 6.11. The van der Waals surface area contributed by atoms with Gasteiger partial charge in [0.15, 0.2) is 0 Å². The van der Waals surface area contributed by atoms with Gasteiger partial charge in [-0.3, -0.25) is 4.79 Å². The zero-order chi connectivity index (χ0) is 18.5. The van der Waals surface area contributed by atoms with Gasteiger partial charge >= 0.3 is 0 Å². The fourth-order valence-corrected chi connectivity index (χ4v) is 3.96. The number of benzene rings is 1. The van der Waals surface area contributed by atoms with Crippen LogP contribution in [0.25, 0.3) is 0 Å². The van der Waals surface area contributed by atoms with E-state index in [2.05, 4.69) is 26.9 Å². The predicted molar refractivity (Wildman–Crippen MR) is 105 cm³/mol. The summed E-state index contributed by atoms with van der Waals surface area (Å²) < 4.78 is 5.21. The number of hydrogen-bond donors (Lipinski definition) is 0. The van der Waals surface area contributed by atoms with Crippen molar-refractivity contribution in [3.63, 3.8) is 0 Å². The third-order valence-corrected chi connectivity index (χ3v) is 5.34. The van der Waals surface area contributed by atoms with Crippen molar-refractivity contribution in [3.05, 3.63) is 40.3 Å². The molecule has 1 fully saturated rings. The molecule has 0 aliphatic carbocycles. The van der Waals surface area contributed by atoms with E-state index in [1.165, 1.54) is 5.69 Å². The van der Waals surface area contributed by atoms with Crippen molar-refractivity contribution in [2.24, 2.45) is 0 Å². The fraction of sp³-hybridized carbons (Fsp3) is 0.474. The monoisotopic (exact) mass is 374 g/mol. The highest BCUT2D eigenvalue weighted by Gasteiger charge is 2.22.